The second-order valence-electron chi connectivity index (χ2n) is 10.5. The summed E-state index contributed by atoms with van der Waals surface area (Å²) in [7, 11) is 0. The molecule has 172 valence electrons. The van der Waals surface area contributed by atoms with E-state index in [4.69, 9.17) is 14.8 Å². The SMILES string of the molecule is CCNC(=O)C12COC(c3nc4c(C)cc(N5CC[C@](C)(c6ccccc6)C5)cn4n3)(C1)C2. The number of benzene rings is 1. The van der Waals surface area contributed by atoms with Crippen LogP contribution in [-0.2, 0) is 20.5 Å². The van der Waals surface area contributed by atoms with Gasteiger partial charge in [0.05, 0.1) is 23.9 Å². The fourth-order valence-electron chi connectivity index (χ4n) is 6.07. The van der Waals surface area contributed by atoms with Crippen molar-refractivity contribution in [1.29, 1.82) is 0 Å². The van der Waals surface area contributed by atoms with Gasteiger partial charge in [0.1, 0.15) is 5.60 Å². The molecule has 0 radical (unpaired) electrons. The van der Waals surface area contributed by atoms with Crippen LogP contribution >= 0.6 is 0 Å². The number of amides is 1. The first kappa shape index (κ1) is 20.7. The molecule has 7 nitrogen and oxygen atoms in total. The van der Waals surface area contributed by atoms with Gasteiger partial charge in [-0.1, -0.05) is 37.3 Å². The highest BCUT2D eigenvalue weighted by Gasteiger charge is 2.68. The van der Waals surface area contributed by atoms with Gasteiger partial charge in [-0.15, -0.1) is 5.10 Å². The lowest BCUT2D eigenvalue weighted by Crippen LogP contribution is -2.51. The van der Waals surface area contributed by atoms with Crippen LogP contribution in [0.25, 0.3) is 5.65 Å². The van der Waals surface area contributed by atoms with E-state index in [1.165, 1.54) is 11.3 Å². The summed E-state index contributed by atoms with van der Waals surface area (Å²) in [4.78, 5) is 19.8. The predicted molar refractivity (Wildman–Crippen MR) is 126 cm³/mol. The maximum atomic E-state index is 12.5. The fraction of sp³-hybridized carbons (Fsp3) is 0.500. The van der Waals surface area contributed by atoms with Crippen molar-refractivity contribution >= 4 is 17.2 Å². The Balaban J connectivity index is 1.27. The highest BCUT2D eigenvalue weighted by Crippen LogP contribution is 2.62. The second-order valence-corrected chi connectivity index (χ2v) is 10.5. The smallest absolute Gasteiger partial charge is 0.228 e. The third kappa shape index (κ3) is 3.01. The Bertz CT molecular complexity index is 1230. The number of carbonyl (C=O) groups excluding carboxylic acids is 1. The molecule has 1 amide bonds. The second kappa shape index (κ2) is 7.03. The average molecular weight is 446 g/mol. The van der Waals surface area contributed by atoms with Crippen molar-refractivity contribution in [3.63, 3.8) is 0 Å². The van der Waals surface area contributed by atoms with Crippen LogP contribution in [0.2, 0.25) is 0 Å². The third-order valence-corrected chi connectivity index (χ3v) is 8.01. The molecule has 4 fully saturated rings. The molecule has 1 atom stereocenters. The number of carbonyl (C=O) groups is 1. The van der Waals surface area contributed by atoms with Crippen LogP contribution in [0.5, 0.6) is 0 Å². The Morgan fingerprint density at radius 3 is 2.79 bits per heavy atom. The minimum absolute atomic E-state index is 0.0934. The predicted octanol–water partition coefficient (Wildman–Crippen LogP) is 3.35. The van der Waals surface area contributed by atoms with Gasteiger partial charge in [0.15, 0.2) is 11.5 Å². The summed E-state index contributed by atoms with van der Waals surface area (Å²) in [5, 5.41) is 7.81. The molecular formula is C26H31N5O2. The largest absolute Gasteiger partial charge is 0.369 e. The molecule has 1 aliphatic carbocycles. The molecule has 7 heteroatoms. The molecule has 33 heavy (non-hydrogen) atoms. The zero-order valence-electron chi connectivity index (χ0n) is 19.6. The molecule has 5 heterocycles. The van der Waals surface area contributed by atoms with Crippen LogP contribution in [0.1, 0.15) is 50.1 Å². The summed E-state index contributed by atoms with van der Waals surface area (Å²) in [6.45, 7) is 9.48. The van der Waals surface area contributed by atoms with Crippen molar-refractivity contribution in [2.45, 2.75) is 51.0 Å². The molecule has 2 bridgehead atoms. The van der Waals surface area contributed by atoms with E-state index in [9.17, 15) is 4.79 Å². The minimum Gasteiger partial charge on any atom is -0.369 e. The number of aromatic nitrogens is 3. The first-order valence-corrected chi connectivity index (χ1v) is 12.0. The van der Waals surface area contributed by atoms with Crippen molar-refractivity contribution in [3.8, 4) is 0 Å². The summed E-state index contributed by atoms with van der Waals surface area (Å²) in [5.74, 6) is 0.798. The summed E-state index contributed by atoms with van der Waals surface area (Å²) in [6.07, 6.45) is 4.54. The zero-order valence-corrected chi connectivity index (χ0v) is 19.6. The lowest BCUT2D eigenvalue weighted by Gasteiger charge is -2.41. The van der Waals surface area contributed by atoms with E-state index in [1.807, 2.05) is 11.4 Å². The van der Waals surface area contributed by atoms with Gasteiger partial charge in [-0.3, -0.25) is 4.79 Å². The van der Waals surface area contributed by atoms with E-state index in [0.717, 1.165) is 30.7 Å². The summed E-state index contributed by atoms with van der Waals surface area (Å²) >= 11 is 0. The normalized spacial score (nSPS) is 30.6. The van der Waals surface area contributed by atoms with E-state index >= 15 is 0 Å². The Morgan fingerprint density at radius 2 is 2.03 bits per heavy atom. The van der Waals surface area contributed by atoms with Crippen molar-refractivity contribution in [2.24, 2.45) is 5.41 Å². The minimum atomic E-state index is -0.525. The average Bonchev–Trinajstić information content (AvgIpc) is 3.55. The topological polar surface area (TPSA) is 71.8 Å². The number of nitrogens with one attached hydrogen (secondary N) is 1. The van der Waals surface area contributed by atoms with Crippen LogP contribution < -0.4 is 10.2 Å². The first-order chi connectivity index (χ1) is 15.9. The van der Waals surface area contributed by atoms with E-state index in [-0.39, 0.29) is 11.3 Å². The van der Waals surface area contributed by atoms with Crippen LogP contribution in [-0.4, -0.2) is 46.7 Å². The lowest BCUT2D eigenvalue weighted by atomic mass is 9.61. The lowest BCUT2D eigenvalue weighted by molar-refractivity contribution is -0.136. The Morgan fingerprint density at radius 1 is 1.24 bits per heavy atom. The number of hydrogen-bond donors (Lipinski definition) is 1. The third-order valence-electron chi connectivity index (χ3n) is 8.01. The van der Waals surface area contributed by atoms with Crippen molar-refractivity contribution in [2.75, 3.05) is 31.1 Å². The maximum absolute atomic E-state index is 12.5. The molecular weight excluding hydrogens is 414 g/mol. The van der Waals surface area contributed by atoms with Crippen LogP contribution in [0.3, 0.4) is 0 Å². The maximum Gasteiger partial charge on any atom is 0.228 e. The van der Waals surface area contributed by atoms with Gasteiger partial charge in [0.25, 0.3) is 0 Å². The number of rotatable bonds is 5. The van der Waals surface area contributed by atoms with Gasteiger partial charge in [0.2, 0.25) is 5.91 Å². The van der Waals surface area contributed by atoms with Crippen molar-refractivity contribution < 1.29 is 9.53 Å². The highest BCUT2D eigenvalue weighted by atomic mass is 16.5. The molecule has 3 aromatic rings. The zero-order chi connectivity index (χ0) is 22.8. The monoisotopic (exact) mass is 445 g/mol. The molecule has 1 N–H and O–H groups in total. The Labute approximate surface area is 194 Å². The number of fused-ring (bicyclic) bond motifs is 2. The van der Waals surface area contributed by atoms with Crippen LogP contribution in [0.15, 0.2) is 42.6 Å². The van der Waals surface area contributed by atoms with Gasteiger partial charge in [-0.25, -0.2) is 9.50 Å². The van der Waals surface area contributed by atoms with Crippen LogP contribution in [0, 0.1) is 12.3 Å². The van der Waals surface area contributed by atoms with E-state index in [2.05, 4.69) is 66.7 Å². The van der Waals surface area contributed by atoms with E-state index in [0.29, 0.717) is 31.8 Å². The number of pyridine rings is 1. The van der Waals surface area contributed by atoms with Gasteiger partial charge >= 0.3 is 0 Å². The Kier molecular flexibility index (Phi) is 4.40. The quantitative estimate of drug-likeness (QED) is 0.652. The van der Waals surface area contributed by atoms with Crippen molar-refractivity contribution in [1.82, 2.24) is 19.9 Å². The molecule has 1 aromatic carbocycles. The summed E-state index contributed by atoms with van der Waals surface area (Å²) < 4.78 is 8.04. The van der Waals surface area contributed by atoms with Gasteiger partial charge < -0.3 is 15.0 Å². The van der Waals surface area contributed by atoms with E-state index < -0.39 is 11.0 Å². The number of hydrogen-bond acceptors (Lipinski definition) is 5. The van der Waals surface area contributed by atoms with E-state index in [1.54, 1.807) is 0 Å². The molecule has 2 aromatic heterocycles. The number of ether oxygens (including phenoxy) is 1. The number of nitrogens with zero attached hydrogens (tertiary/aromatic N) is 4. The standard InChI is InChI=1S/C26H31N5O2/c1-4-27-23(32)25-14-26(15-25,33-17-25)22-28-21-18(2)12-20(13-31(21)29-22)30-11-10-24(3,16-30)19-8-6-5-7-9-19/h5-9,12-13H,4,10-11,14-17H2,1-3H3,(H,27,32)/t24-,25?,26?/m0/s1. The number of aryl methyl sites for hydroxylation is 1. The highest BCUT2D eigenvalue weighted by molar-refractivity contribution is 5.85. The Hall–Kier alpha value is -2.93. The van der Waals surface area contributed by atoms with Crippen molar-refractivity contribution in [3.05, 3.63) is 59.5 Å². The number of anilines is 1. The summed E-state index contributed by atoms with van der Waals surface area (Å²) in [5.41, 5.74) is 3.73. The van der Waals surface area contributed by atoms with Gasteiger partial charge in [-0.2, -0.15) is 0 Å². The molecule has 0 unspecified atom stereocenters. The molecule has 0 spiro atoms. The molecule has 3 aliphatic heterocycles. The molecule has 1 saturated carbocycles. The first-order valence-electron chi connectivity index (χ1n) is 12.0. The van der Waals surface area contributed by atoms with Gasteiger partial charge in [-0.05, 0) is 37.5 Å². The molecule has 3 saturated heterocycles. The summed E-state index contributed by atoms with van der Waals surface area (Å²) in [6, 6.07) is 13.0. The molecule has 7 rings (SSSR count). The van der Waals surface area contributed by atoms with Gasteiger partial charge in [0, 0.05) is 37.9 Å². The molecule has 4 aliphatic rings. The van der Waals surface area contributed by atoms with Crippen LogP contribution in [0.4, 0.5) is 5.69 Å². The fourth-order valence-corrected chi connectivity index (χ4v) is 6.07.